The molecule has 0 spiro atoms. The molecule has 2 aromatic rings. The smallest absolute Gasteiger partial charge is 0.251 e. The number of amides is 2. The molecule has 148 valence electrons. The van der Waals surface area contributed by atoms with E-state index in [1.54, 1.807) is 36.3 Å². The van der Waals surface area contributed by atoms with Crippen molar-refractivity contribution in [1.29, 1.82) is 0 Å². The van der Waals surface area contributed by atoms with Gasteiger partial charge in [-0.05, 0) is 55.3 Å². The minimum atomic E-state index is -0.188. The number of hydrogen-bond donors (Lipinski definition) is 1. The normalized spacial score (nSPS) is 13.3. The second kappa shape index (κ2) is 9.26. The summed E-state index contributed by atoms with van der Waals surface area (Å²) in [5.41, 5.74) is 2.56. The van der Waals surface area contributed by atoms with Crippen LogP contribution in [0.1, 0.15) is 30.1 Å². The highest BCUT2D eigenvalue weighted by Gasteiger charge is 2.15. The third kappa shape index (κ3) is 4.82. The van der Waals surface area contributed by atoms with Crippen LogP contribution in [0.3, 0.4) is 0 Å². The highest BCUT2D eigenvalue weighted by molar-refractivity contribution is 5.95. The van der Waals surface area contributed by atoms with E-state index >= 15 is 0 Å². The standard InChI is InChI=1S/C22H27N3O3/c1-17(26)25(20-10-8-19(9-11-20)24-13-3-4-14-24)15-12-23-22(27)18-6-5-7-21(16-18)28-2/h5-11,16H,3-4,12-15H2,1-2H3,(H,23,27). The fraction of sp³-hybridized carbons (Fsp3) is 0.364. The van der Waals surface area contributed by atoms with Crippen molar-refractivity contribution in [3.05, 3.63) is 54.1 Å². The molecule has 0 radical (unpaired) electrons. The maximum atomic E-state index is 12.3. The lowest BCUT2D eigenvalue weighted by atomic mass is 10.2. The second-order valence-electron chi connectivity index (χ2n) is 6.87. The van der Waals surface area contributed by atoms with Crippen molar-refractivity contribution in [2.45, 2.75) is 19.8 Å². The van der Waals surface area contributed by atoms with Gasteiger partial charge in [-0.15, -0.1) is 0 Å². The molecule has 0 unspecified atom stereocenters. The molecule has 0 bridgehead atoms. The first kappa shape index (κ1) is 19.7. The monoisotopic (exact) mass is 381 g/mol. The van der Waals surface area contributed by atoms with Gasteiger partial charge < -0.3 is 19.9 Å². The van der Waals surface area contributed by atoms with Gasteiger partial charge in [0.05, 0.1) is 7.11 Å². The van der Waals surface area contributed by atoms with Crippen LogP contribution >= 0.6 is 0 Å². The van der Waals surface area contributed by atoms with E-state index in [0.717, 1.165) is 18.8 Å². The number of hydrogen-bond acceptors (Lipinski definition) is 4. The van der Waals surface area contributed by atoms with Crippen LogP contribution in [0.15, 0.2) is 48.5 Å². The predicted molar refractivity (Wildman–Crippen MR) is 111 cm³/mol. The second-order valence-corrected chi connectivity index (χ2v) is 6.87. The maximum Gasteiger partial charge on any atom is 0.251 e. The molecule has 1 aliphatic heterocycles. The van der Waals surface area contributed by atoms with E-state index in [9.17, 15) is 9.59 Å². The van der Waals surface area contributed by atoms with Gasteiger partial charge in [-0.3, -0.25) is 9.59 Å². The molecule has 0 aromatic heterocycles. The summed E-state index contributed by atoms with van der Waals surface area (Å²) < 4.78 is 5.15. The van der Waals surface area contributed by atoms with Gasteiger partial charge in [0.1, 0.15) is 5.75 Å². The number of methoxy groups -OCH3 is 1. The van der Waals surface area contributed by atoms with Gasteiger partial charge in [-0.25, -0.2) is 0 Å². The zero-order valence-corrected chi connectivity index (χ0v) is 16.5. The Morgan fingerprint density at radius 1 is 1.11 bits per heavy atom. The summed E-state index contributed by atoms with van der Waals surface area (Å²) in [4.78, 5) is 28.5. The van der Waals surface area contributed by atoms with E-state index in [4.69, 9.17) is 4.74 Å². The largest absolute Gasteiger partial charge is 0.497 e. The van der Waals surface area contributed by atoms with Gasteiger partial charge in [-0.2, -0.15) is 0 Å². The van der Waals surface area contributed by atoms with Crippen LogP contribution in [-0.2, 0) is 4.79 Å². The average molecular weight is 381 g/mol. The van der Waals surface area contributed by atoms with Crippen LogP contribution in [0.25, 0.3) is 0 Å². The summed E-state index contributed by atoms with van der Waals surface area (Å²) in [6, 6.07) is 15.1. The van der Waals surface area contributed by atoms with Gasteiger partial charge in [0, 0.05) is 50.0 Å². The molecule has 6 nitrogen and oxygen atoms in total. The van der Waals surface area contributed by atoms with Crippen LogP contribution in [0.4, 0.5) is 11.4 Å². The van der Waals surface area contributed by atoms with Crippen LogP contribution in [0.2, 0.25) is 0 Å². The SMILES string of the molecule is COc1cccc(C(=O)NCCN(C(C)=O)c2ccc(N3CCCC3)cc2)c1. The lowest BCUT2D eigenvalue weighted by molar-refractivity contribution is -0.116. The first-order chi connectivity index (χ1) is 13.6. The topological polar surface area (TPSA) is 61.9 Å². The first-order valence-electron chi connectivity index (χ1n) is 9.64. The van der Waals surface area contributed by atoms with Crippen molar-refractivity contribution in [1.82, 2.24) is 5.32 Å². The zero-order valence-electron chi connectivity index (χ0n) is 16.5. The summed E-state index contributed by atoms with van der Waals surface area (Å²) in [5.74, 6) is 0.396. The first-order valence-corrected chi connectivity index (χ1v) is 9.64. The van der Waals surface area contributed by atoms with Gasteiger partial charge in [0.2, 0.25) is 5.91 Å². The molecule has 28 heavy (non-hydrogen) atoms. The van der Waals surface area contributed by atoms with Gasteiger partial charge in [0.15, 0.2) is 0 Å². The van der Waals surface area contributed by atoms with E-state index in [2.05, 4.69) is 22.3 Å². The summed E-state index contributed by atoms with van der Waals surface area (Å²) in [7, 11) is 1.57. The summed E-state index contributed by atoms with van der Waals surface area (Å²) in [6.45, 7) is 4.49. The molecule has 2 aromatic carbocycles. The molecule has 1 aliphatic rings. The molecule has 0 saturated carbocycles. The van der Waals surface area contributed by atoms with E-state index < -0.39 is 0 Å². The molecule has 1 saturated heterocycles. The van der Waals surface area contributed by atoms with Crippen molar-refractivity contribution < 1.29 is 14.3 Å². The summed E-state index contributed by atoms with van der Waals surface area (Å²) in [5, 5.41) is 2.86. The minimum absolute atomic E-state index is 0.0513. The fourth-order valence-corrected chi connectivity index (χ4v) is 3.43. The summed E-state index contributed by atoms with van der Waals surface area (Å²) in [6.07, 6.45) is 2.46. The quantitative estimate of drug-likeness (QED) is 0.801. The zero-order chi connectivity index (χ0) is 19.9. The Hall–Kier alpha value is -3.02. The van der Waals surface area contributed by atoms with Crippen molar-refractivity contribution in [3.8, 4) is 5.75 Å². The molecular weight excluding hydrogens is 354 g/mol. The Morgan fingerprint density at radius 3 is 2.46 bits per heavy atom. The number of nitrogens with one attached hydrogen (secondary N) is 1. The molecule has 6 heteroatoms. The van der Waals surface area contributed by atoms with Gasteiger partial charge >= 0.3 is 0 Å². The third-order valence-electron chi connectivity index (χ3n) is 4.97. The van der Waals surface area contributed by atoms with E-state index in [1.807, 2.05) is 12.1 Å². The Labute approximate surface area is 166 Å². The van der Waals surface area contributed by atoms with Crippen molar-refractivity contribution >= 4 is 23.2 Å². The Balaban J connectivity index is 1.58. The van der Waals surface area contributed by atoms with Crippen molar-refractivity contribution in [2.75, 3.05) is 43.1 Å². The van der Waals surface area contributed by atoms with Crippen LogP contribution in [0, 0.1) is 0 Å². The third-order valence-corrected chi connectivity index (χ3v) is 4.97. The molecule has 1 N–H and O–H groups in total. The average Bonchev–Trinajstić information content (AvgIpc) is 3.26. The van der Waals surface area contributed by atoms with E-state index in [1.165, 1.54) is 25.5 Å². The molecule has 1 heterocycles. The number of ether oxygens (including phenoxy) is 1. The van der Waals surface area contributed by atoms with E-state index in [0.29, 0.717) is 24.4 Å². The number of carbonyl (C=O) groups excluding carboxylic acids is 2. The van der Waals surface area contributed by atoms with Crippen LogP contribution in [-0.4, -0.2) is 45.1 Å². The van der Waals surface area contributed by atoms with Crippen LogP contribution < -0.4 is 19.9 Å². The number of benzene rings is 2. The van der Waals surface area contributed by atoms with Gasteiger partial charge in [-0.1, -0.05) is 6.07 Å². The Bertz CT molecular complexity index is 814. The van der Waals surface area contributed by atoms with E-state index in [-0.39, 0.29) is 11.8 Å². The number of carbonyl (C=O) groups is 2. The van der Waals surface area contributed by atoms with Crippen molar-refractivity contribution in [2.24, 2.45) is 0 Å². The van der Waals surface area contributed by atoms with Crippen molar-refractivity contribution in [3.63, 3.8) is 0 Å². The number of nitrogens with zero attached hydrogens (tertiary/aromatic N) is 2. The predicted octanol–water partition coefficient (Wildman–Crippen LogP) is 3.08. The van der Waals surface area contributed by atoms with Crippen LogP contribution in [0.5, 0.6) is 5.75 Å². The molecular formula is C22H27N3O3. The number of anilines is 2. The minimum Gasteiger partial charge on any atom is -0.497 e. The lowest BCUT2D eigenvalue weighted by Gasteiger charge is -2.23. The molecule has 2 amide bonds. The summed E-state index contributed by atoms with van der Waals surface area (Å²) >= 11 is 0. The highest BCUT2D eigenvalue weighted by Crippen LogP contribution is 2.24. The maximum absolute atomic E-state index is 12.3. The highest BCUT2D eigenvalue weighted by atomic mass is 16.5. The molecule has 1 fully saturated rings. The molecule has 0 aliphatic carbocycles. The Kier molecular flexibility index (Phi) is 6.53. The molecule has 0 atom stereocenters. The molecule has 3 rings (SSSR count). The number of rotatable bonds is 7. The lowest BCUT2D eigenvalue weighted by Crippen LogP contribution is -2.37. The van der Waals surface area contributed by atoms with Gasteiger partial charge in [0.25, 0.3) is 5.91 Å². The Morgan fingerprint density at radius 2 is 1.82 bits per heavy atom. The fourth-order valence-electron chi connectivity index (χ4n) is 3.43.